The van der Waals surface area contributed by atoms with Crippen molar-refractivity contribution >= 4 is 17.5 Å². The molecule has 0 atom stereocenters. The lowest BCUT2D eigenvalue weighted by atomic mass is 10.2. The maximum absolute atomic E-state index is 6.41. The molecule has 1 aromatic heterocycles. The fourth-order valence-electron chi connectivity index (χ4n) is 2.29. The van der Waals surface area contributed by atoms with Gasteiger partial charge in [-0.25, -0.2) is 4.68 Å². The SMILES string of the molecule is CCCCn1nnnc1NCc1cc(OCC)c(OC(C)C)cc1Cl. The molecule has 0 aliphatic carbocycles. The van der Waals surface area contributed by atoms with E-state index in [1.54, 1.807) is 10.7 Å². The van der Waals surface area contributed by atoms with Gasteiger partial charge in [0.1, 0.15) is 0 Å². The maximum atomic E-state index is 6.41. The first-order valence-corrected chi connectivity index (χ1v) is 9.04. The molecule has 0 aliphatic heterocycles. The van der Waals surface area contributed by atoms with Crippen LogP contribution in [-0.4, -0.2) is 32.9 Å². The van der Waals surface area contributed by atoms with Crippen molar-refractivity contribution in [2.24, 2.45) is 0 Å². The molecule has 0 spiro atoms. The molecule has 0 fully saturated rings. The zero-order valence-corrected chi connectivity index (χ0v) is 16.0. The molecule has 25 heavy (non-hydrogen) atoms. The summed E-state index contributed by atoms with van der Waals surface area (Å²) in [6.45, 7) is 9.84. The molecule has 0 bridgehead atoms. The van der Waals surface area contributed by atoms with Crippen molar-refractivity contribution in [1.82, 2.24) is 20.2 Å². The van der Waals surface area contributed by atoms with Crippen molar-refractivity contribution in [3.05, 3.63) is 22.7 Å². The average molecular weight is 368 g/mol. The molecule has 1 heterocycles. The van der Waals surface area contributed by atoms with E-state index in [4.69, 9.17) is 21.1 Å². The zero-order chi connectivity index (χ0) is 18.2. The Balaban J connectivity index is 2.13. The topological polar surface area (TPSA) is 74.1 Å². The molecule has 0 radical (unpaired) electrons. The molecule has 1 aromatic carbocycles. The Morgan fingerprint density at radius 1 is 1.24 bits per heavy atom. The number of aromatic nitrogens is 4. The Morgan fingerprint density at radius 3 is 2.72 bits per heavy atom. The van der Waals surface area contributed by atoms with E-state index in [9.17, 15) is 0 Å². The highest BCUT2D eigenvalue weighted by atomic mass is 35.5. The molecule has 0 unspecified atom stereocenters. The Labute approximate surface area is 153 Å². The van der Waals surface area contributed by atoms with E-state index in [1.807, 2.05) is 26.8 Å². The second-order valence-electron chi connectivity index (χ2n) is 5.92. The molecule has 2 rings (SSSR count). The van der Waals surface area contributed by atoms with Crippen LogP contribution in [0.5, 0.6) is 11.5 Å². The second-order valence-corrected chi connectivity index (χ2v) is 6.33. The van der Waals surface area contributed by atoms with Gasteiger partial charge in [0.15, 0.2) is 11.5 Å². The Kier molecular flexibility index (Phi) is 7.31. The van der Waals surface area contributed by atoms with E-state index < -0.39 is 0 Å². The third-order valence-corrected chi connectivity index (χ3v) is 3.82. The van der Waals surface area contributed by atoms with E-state index in [0.29, 0.717) is 35.6 Å². The minimum absolute atomic E-state index is 0.0439. The van der Waals surface area contributed by atoms with Gasteiger partial charge in [-0.05, 0) is 49.2 Å². The van der Waals surface area contributed by atoms with Gasteiger partial charge in [-0.2, -0.15) is 0 Å². The van der Waals surface area contributed by atoms with Crippen molar-refractivity contribution in [3.63, 3.8) is 0 Å². The van der Waals surface area contributed by atoms with E-state index in [2.05, 4.69) is 27.8 Å². The number of tetrazole rings is 1. The Bertz CT molecular complexity index is 675. The Hall–Kier alpha value is -2.02. The number of halogens is 1. The molecule has 8 heteroatoms. The quantitative estimate of drug-likeness (QED) is 0.686. The van der Waals surface area contributed by atoms with Gasteiger partial charge in [0.2, 0.25) is 5.95 Å². The van der Waals surface area contributed by atoms with Crippen LogP contribution in [0.1, 0.15) is 46.1 Å². The number of rotatable bonds is 10. The lowest BCUT2D eigenvalue weighted by Gasteiger charge is -2.17. The number of benzene rings is 1. The highest BCUT2D eigenvalue weighted by Gasteiger charge is 2.13. The van der Waals surface area contributed by atoms with Crippen LogP contribution in [0, 0.1) is 0 Å². The molecule has 7 nitrogen and oxygen atoms in total. The van der Waals surface area contributed by atoms with E-state index in [0.717, 1.165) is 24.9 Å². The first kappa shape index (κ1) is 19.3. The summed E-state index contributed by atoms with van der Waals surface area (Å²) < 4.78 is 13.2. The molecule has 0 saturated heterocycles. The number of ether oxygens (including phenoxy) is 2. The van der Waals surface area contributed by atoms with E-state index in [-0.39, 0.29) is 6.10 Å². The van der Waals surface area contributed by atoms with Crippen molar-refractivity contribution < 1.29 is 9.47 Å². The summed E-state index contributed by atoms with van der Waals surface area (Å²) in [7, 11) is 0. The van der Waals surface area contributed by atoms with Gasteiger partial charge in [0.25, 0.3) is 0 Å². The molecule has 0 saturated carbocycles. The van der Waals surface area contributed by atoms with Crippen LogP contribution in [-0.2, 0) is 13.1 Å². The van der Waals surface area contributed by atoms with Crippen LogP contribution < -0.4 is 14.8 Å². The summed E-state index contributed by atoms with van der Waals surface area (Å²) in [5, 5.41) is 15.6. The fraction of sp³-hybridized carbons (Fsp3) is 0.588. The average Bonchev–Trinajstić information content (AvgIpc) is 3.01. The molecule has 0 amide bonds. The minimum atomic E-state index is 0.0439. The lowest BCUT2D eigenvalue weighted by molar-refractivity contribution is 0.224. The predicted octanol–water partition coefficient (Wildman–Crippen LogP) is 3.92. The summed E-state index contributed by atoms with van der Waals surface area (Å²) in [6.07, 6.45) is 2.15. The number of nitrogens with zero attached hydrogens (tertiary/aromatic N) is 4. The summed E-state index contributed by atoms with van der Waals surface area (Å²) >= 11 is 6.41. The number of anilines is 1. The van der Waals surface area contributed by atoms with Crippen molar-refractivity contribution in [1.29, 1.82) is 0 Å². The monoisotopic (exact) mass is 367 g/mol. The number of hydrogen-bond acceptors (Lipinski definition) is 6. The van der Waals surface area contributed by atoms with Crippen LogP contribution in [0.25, 0.3) is 0 Å². The van der Waals surface area contributed by atoms with Crippen LogP contribution in [0.2, 0.25) is 5.02 Å². The van der Waals surface area contributed by atoms with Gasteiger partial charge < -0.3 is 14.8 Å². The molecule has 2 aromatic rings. The van der Waals surface area contributed by atoms with Crippen LogP contribution in [0.3, 0.4) is 0 Å². The fourth-order valence-corrected chi connectivity index (χ4v) is 2.51. The first-order chi connectivity index (χ1) is 12.0. The lowest BCUT2D eigenvalue weighted by Crippen LogP contribution is -2.11. The second kappa shape index (κ2) is 9.46. The van der Waals surface area contributed by atoms with Crippen molar-refractivity contribution in [2.75, 3.05) is 11.9 Å². The maximum Gasteiger partial charge on any atom is 0.243 e. The van der Waals surface area contributed by atoms with Crippen molar-refractivity contribution in [3.8, 4) is 11.5 Å². The highest BCUT2D eigenvalue weighted by molar-refractivity contribution is 6.31. The van der Waals surface area contributed by atoms with Gasteiger partial charge >= 0.3 is 0 Å². The van der Waals surface area contributed by atoms with E-state index in [1.165, 1.54) is 0 Å². The standard InChI is InChI=1S/C17H26ClN5O2/c1-5-7-8-23-17(20-21-22-23)19-11-13-9-15(24-6-2)16(10-14(13)18)25-12(3)4/h9-10,12H,5-8,11H2,1-4H3,(H,19,20,22). The number of nitrogens with one attached hydrogen (secondary N) is 1. The normalized spacial score (nSPS) is 11.0. The summed E-state index contributed by atoms with van der Waals surface area (Å²) in [4.78, 5) is 0. The predicted molar refractivity (Wildman–Crippen MR) is 98.4 cm³/mol. The van der Waals surface area contributed by atoms with Crippen LogP contribution in [0.4, 0.5) is 5.95 Å². The minimum Gasteiger partial charge on any atom is -0.490 e. The number of unbranched alkanes of at least 4 members (excludes halogenated alkanes) is 1. The molecule has 138 valence electrons. The van der Waals surface area contributed by atoms with Crippen molar-refractivity contribution in [2.45, 2.75) is 59.7 Å². The van der Waals surface area contributed by atoms with Gasteiger partial charge in [-0.3, -0.25) is 0 Å². The largest absolute Gasteiger partial charge is 0.490 e. The molecule has 1 N–H and O–H groups in total. The van der Waals surface area contributed by atoms with Crippen LogP contribution >= 0.6 is 11.6 Å². The Morgan fingerprint density at radius 2 is 2.04 bits per heavy atom. The number of aryl methyl sites for hydroxylation is 1. The molecular weight excluding hydrogens is 342 g/mol. The summed E-state index contributed by atoms with van der Waals surface area (Å²) in [5.74, 6) is 1.96. The summed E-state index contributed by atoms with van der Waals surface area (Å²) in [5.41, 5.74) is 0.895. The van der Waals surface area contributed by atoms with Gasteiger partial charge in [-0.1, -0.05) is 30.0 Å². The van der Waals surface area contributed by atoms with Crippen LogP contribution in [0.15, 0.2) is 12.1 Å². The van der Waals surface area contributed by atoms with Gasteiger partial charge in [0.05, 0.1) is 12.7 Å². The summed E-state index contributed by atoms with van der Waals surface area (Å²) in [6, 6.07) is 3.69. The highest BCUT2D eigenvalue weighted by Crippen LogP contribution is 2.34. The zero-order valence-electron chi connectivity index (χ0n) is 15.3. The van der Waals surface area contributed by atoms with Gasteiger partial charge in [-0.15, -0.1) is 0 Å². The van der Waals surface area contributed by atoms with E-state index >= 15 is 0 Å². The third kappa shape index (κ3) is 5.49. The third-order valence-electron chi connectivity index (χ3n) is 3.47. The molecule has 0 aliphatic rings. The van der Waals surface area contributed by atoms with Gasteiger partial charge in [0, 0.05) is 24.2 Å². The molecular formula is C17H26ClN5O2. The first-order valence-electron chi connectivity index (χ1n) is 8.67. The number of hydrogen-bond donors (Lipinski definition) is 1. The smallest absolute Gasteiger partial charge is 0.243 e.